The molecule has 0 bridgehead atoms. The minimum absolute atomic E-state index is 0.0229. The Hall–Kier alpha value is -2.17. The number of carbonyl (C=O) groups excluding carboxylic acids is 1. The highest BCUT2D eigenvalue weighted by Gasteiger charge is 2.03. The van der Waals surface area contributed by atoms with E-state index >= 15 is 0 Å². The number of aromatic nitrogens is 2. The molecule has 2 aromatic rings. The van der Waals surface area contributed by atoms with Crippen molar-refractivity contribution >= 4 is 5.78 Å². The number of ether oxygens (including phenoxy) is 1. The van der Waals surface area contributed by atoms with Crippen LogP contribution < -0.4 is 4.74 Å². The fraction of sp³-hybridized carbons (Fsp3) is 0.167. The summed E-state index contributed by atoms with van der Waals surface area (Å²) in [6.07, 6.45) is 3.14. The Morgan fingerprint density at radius 1 is 1.41 bits per heavy atom. The van der Waals surface area contributed by atoms with E-state index in [-0.39, 0.29) is 18.2 Å². The first-order valence-corrected chi connectivity index (χ1v) is 5.08. The van der Waals surface area contributed by atoms with Crippen LogP contribution in [0.5, 0.6) is 5.75 Å². The lowest BCUT2D eigenvalue weighted by Gasteiger charge is -2.00. The standard InChI is InChI=1S/C12H11FN2O2/c1-9(16)8-17-12-6-14-15(7-12)11-4-2-10(13)3-5-11/h2-7H,8H2,1H3. The maximum Gasteiger partial charge on any atom is 0.167 e. The predicted octanol–water partition coefficient (Wildman–Crippen LogP) is 1.98. The number of ketones is 1. The van der Waals surface area contributed by atoms with E-state index in [9.17, 15) is 9.18 Å². The summed E-state index contributed by atoms with van der Waals surface area (Å²) in [5, 5.41) is 4.05. The van der Waals surface area contributed by atoms with Crippen molar-refractivity contribution in [2.24, 2.45) is 0 Å². The van der Waals surface area contributed by atoms with E-state index in [4.69, 9.17) is 4.74 Å². The summed E-state index contributed by atoms with van der Waals surface area (Å²) in [5.74, 6) is 0.151. The average Bonchev–Trinajstić information content (AvgIpc) is 2.76. The molecule has 0 radical (unpaired) electrons. The maximum atomic E-state index is 12.7. The molecule has 17 heavy (non-hydrogen) atoms. The number of benzene rings is 1. The van der Waals surface area contributed by atoms with E-state index in [0.717, 1.165) is 5.69 Å². The lowest BCUT2D eigenvalue weighted by molar-refractivity contribution is -0.118. The zero-order valence-corrected chi connectivity index (χ0v) is 9.26. The first kappa shape index (κ1) is 11.3. The maximum absolute atomic E-state index is 12.7. The highest BCUT2D eigenvalue weighted by molar-refractivity contribution is 5.77. The summed E-state index contributed by atoms with van der Waals surface area (Å²) in [6, 6.07) is 5.92. The quantitative estimate of drug-likeness (QED) is 0.812. The van der Waals surface area contributed by atoms with Gasteiger partial charge in [0, 0.05) is 0 Å². The molecule has 5 heteroatoms. The second-order valence-corrected chi connectivity index (χ2v) is 3.59. The van der Waals surface area contributed by atoms with Gasteiger partial charge < -0.3 is 4.74 Å². The van der Waals surface area contributed by atoms with Crippen LogP contribution in [0.2, 0.25) is 0 Å². The molecule has 0 unspecified atom stereocenters. The molecular formula is C12H11FN2O2. The molecule has 0 spiro atoms. The zero-order chi connectivity index (χ0) is 12.3. The Balaban J connectivity index is 2.12. The van der Waals surface area contributed by atoms with Crippen LogP contribution in [0.1, 0.15) is 6.92 Å². The van der Waals surface area contributed by atoms with Crippen molar-refractivity contribution in [3.63, 3.8) is 0 Å². The summed E-state index contributed by atoms with van der Waals surface area (Å²) in [6.45, 7) is 1.47. The molecular weight excluding hydrogens is 223 g/mol. The van der Waals surface area contributed by atoms with Crippen LogP contribution in [-0.4, -0.2) is 22.2 Å². The van der Waals surface area contributed by atoms with Crippen molar-refractivity contribution in [3.05, 3.63) is 42.5 Å². The Bertz CT molecular complexity index is 520. The van der Waals surface area contributed by atoms with Gasteiger partial charge in [-0.1, -0.05) is 0 Å². The molecule has 0 aliphatic carbocycles. The lowest BCUT2D eigenvalue weighted by Crippen LogP contribution is -2.05. The van der Waals surface area contributed by atoms with E-state index in [1.54, 1.807) is 23.0 Å². The molecule has 0 saturated carbocycles. The van der Waals surface area contributed by atoms with E-state index < -0.39 is 0 Å². The molecule has 0 fully saturated rings. The van der Waals surface area contributed by atoms with Crippen molar-refractivity contribution < 1.29 is 13.9 Å². The van der Waals surface area contributed by atoms with Gasteiger partial charge in [-0.3, -0.25) is 4.79 Å². The number of hydrogen-bond acceptors (Lipinski definition) is 3. The number of rotatable bonds is 4. The van der Waals surface area contributed by atoms with Gasteiger partial charge in [-0.05, 0) is 31.2 Å². The molecule has 1 aromatic heterocycles. The fourth-order valence-electron chi connectivity index (χ4n) is 1.30. The summed E-state index contributed by atoms with van der Waals surface area (Å²) >= 11 is 0. The smallest absolute Gasteiger partial charge is 0.167 e. The first-order chi connectivity index (χ1) is 8.15. The second-order valence-electron chi connectivity index (χ2n) is 3.59. The summed E-state index contributed by atoms with van der Waals surface area (Å²) in [7, 11) is 0. The number of Topliss-reactive ketones (excluding diaryl/α,β-unsaturated/α-hetero) is 1. The Morgan fingerprint density at radius 3 is 2.76 bits per heavy atom. The van der Waals surface area contributed by atoms with Gasteiger partial charge in [-0.15, -0.1) is 0 Å². The number of carbonyl (C=O) groups is 1. The fourth-order valence-corrected chi connectivity index (χ4v) is 1.30. The van der Waals surface area contributed by atoms with Gasteiger partial charge in [0.1, 0.15) is 12.4 Å². The molecule has 88 valence electrons. The van der Waals surface area contributed by atoms with Gasteiger partial charge in [0.05, 0.1) is 18.1 Å². The second kappa shape index (κ2) is 4.78. The van der Waals surface area contributed by atoms with Gasteiger partial charge in [-0.25, -0.2) is 9.07 Å². The summed E-state index contributed by atoms with van der Waals surface area (Å²) < 4.78 is 19.5. The molecule has 1 aromatic carbocycles. The molecule has 0 saturated heterocycles. The van der Waals surface area contributed by atoms with Crippen molar-refractivity contribution in [2.45, 2.75) is 6.92 Å². The Labute approximate surface area is 97.6 Å². The van der Waals surface area contributed by atoms with Crippen LogP contribution in [-0.2, 0) is 4.79 Å². The normalized spacial score (nSPS) is 10.2. The van der Waals surface area contributed by atoms with Crippen molar-refractivity contribution in [1.82, 2.24) is 9.78 Å². The van der Waals surface area contributed by atoms with Crippen molar-refractivity contribution in [2.75, 3.05) is 6.61 Å². The third-order valence-electron chi connectivity index (χ3n) is 2.09. The minimum atomic E-state index is -0.297. The SMILES string of the molecule is CC(=O)COc1cnn(-c2ccc(F)cc2)c1. The number of nitrogens with zero attached hydrogens (tertiary/aromatic N) is 2. The summed E-state index contributed by atoms with van der Waals surface area (Å²) in [5.41, 5.74) is 0.726. The van der Waals surface area contributed by atoms with Gasteiger partial charge >= 0.3 is 0 Å². The molecule has 4 nitrogen and oxygen atoms in total. The van der Waals surface area contributed by atoms with Gasteiger partial charge in [0.25, 0.3) is 0 Å². The van der Waals surface area contributed by atoms with Gasteiger partial charge in [0.15, 0.2) is 11.5 Å². The first-order valence-electron chi connectivity index (χ1n) is 5.08. The number of halogens is 1. The highest BCUT2D eigenvalue weighted by atomic mass is 19.1. The van der Waals surface area contributed by atoms with Crippen LogP contribution in [0.3, 0.4) is 0 Å². The molecule has 0 N–H and O–H groups in total. The predicted molar refractivity (Wildman–Crippen MR) is 59.7 cm³/mol. The molecule has 0 amide bonds. The molecule has 0 atom stereocenters. The van der Waals surface area contributed by atoms with Gasteiger partial charge in [-0.2, -0.15) is 5.10 Å². The van der Waals surface area contributed by atoms with Crippen LogP contribution in [0.15, 0.2) is 36.7 Å². The highest BCUT2D eigenvalue weighted by Crippen LogP contribution is 2.13. The monoisotopic (exact) mass is 234 g/mol. The summed E-state index contributed by atoms with van der Waals surface area (Å²) in [4.78, 5) is 10.7. The lowest BCUT2D eigenvalue weighted by atomic mass is 10.3. The van der Waals surface area contributed by atoms with Crippen LogP contribution in [0.25, 0.3) is 5.69 Å². The van der Waals surface area contributed by atoms with E-state index in [2.05, 4.69) is 5.10 Å². The topological polar surface area (TPSA) is 44.1 Å². The van der Waals surface area contributed by atoms with Crippen LogP contribution in [0, 0.1) is 5.82 Å². The molecule has 0 aliphatic rings. The Morgan fingerprint density at radius 2 is 2.12 bits per heavy atom. The van der Waals surface area contributed by atoms with Crippen LogP contribution >= 0.6 is 0 Å². The molecule has 0 aliphatic heterocycles. The van der Waals surface area contributed by atoms with Crippen LogP contribution in [0.4, 0.5) is 4.39 Å². The number of hydrogen-bond donors (Lipinski definition) is 0. The van der Waals surface area contributed by atoms with E-state index in [1.807, 2.05) is 0 Å². The van der Waals surface area contributed by atoms with E-state index in [0.29, 0.717) is 5.75 Å². The van der Waals surface area contributed by atoms with Gasteiger partial charge in [0.2, 0.25) is 0 Å². The molecule has 1 heterocycles. The minimum Gasteiger partial charge on any atom is -0.483 e. The van der Waals surface area contributed by atoms with Crippen molar-refractivity contribution in [1.29, 1.82) is 0 Å². The largest absolute Gasteiger partial charge is 0.483 e. The average molecular weight is 234 g/mol. The molecule has 2 rings (SSSR count). The zero-order valence-electron chi connectivity index (χ0n) is 9.26. The third-order valence-corrected chi connectivity index (χ3v) is 2.09. The van der Waals surface area contributed by atoms with Crippen molar-refractivity contribution in [3.8, 4) is 11.4 Å². The Kier molecular flexibility index (Phi) is 3.18. The third kappa shape index (κ3) is 2.90. The van der Waals surface area contributed by atoms with E-state index in [1.165, 1.54) is 25.3 Å².